The van der Waals surface area contributed by atoms with Crippen LogP contribution in [0.1, 0.15) is 22.3 Å². The molecule has 0 atom stereocenters. The van der Waals surface area contributed by atoms with Crippen LogP contribution in [0, 0.1) is 0 Å². The van der Waals surface area contributed by atoms with E-state index in [4.69, 9.17) is 0 Å². The molecule has 0 bridgehead atoms. The summed E-state index contributed by atoms with van der Waals surface area (Å²) in [5, 5.41) is 0. The van der Waals surface area contributed by atoms with E-state index in [0.717, 1.165) is 23.1 Å². The van der Waals surface area contributed by atoms with Crippen molar-refractivity contribution in [3.63, 3.8) is 0 Å². The van der Waals surface area contributed by atoms with Gasteiger partial charge in [0.1, 0.15) is 0 Å². The number of likely N-dealkylation sites (tertiary alicyclic amines) is 1. The molecule has 0 aromatic heterocycles. The Morgan fingerprint density at radius 1 is 1.21 bits per heavy atom. The number of alkyl halides is 5. The van der Waals surface area contributed by atoms with Crippen LogP contribution < -0.4 is 0 Å². The summed E-state index contributed by atoms with van der Waals surface area (Å²) in [6.07, 6.45) is -5.21. The van der Waals surface area contributed by atoms with Crippen LogP contribution in [0.4, 0.5) is 22.0 Å². The second-order valence-electron chi connectivity index (χ2n) is 4.38. The molecule has 0 aliphatic carbocycles. The molecule has 0 radical (unpaired) electrons. The molecule has 1 heterocycles. The van der Waals surface area contributed by atoms with Gasteiger partial charge < -0.3 is 4.90 Å². The van der Waals surface area contributed by atoms with Crippen LogP contribution in [0.2, 0.25) is 0 Å². The van der Waals surface area contributed by atoms with Crippen LogP contribution >= 0.6 is 0 Å². The molecular weight excluding hydrogens is 269 g/mol. The normalized spacial score (nSPS) is 18.7. The first-order valence-electron chi connectivity index (χ1n) is 5.54. The Bertz CT molecular complexity index is 497. The van der Waals surface area contributed by atoms with E-state index in [9.17, 15) is 26.7 Å². The molecule has 0 saturated carbocycles. The molecule has 19 heavy (non-hydrogen) atoms. The quantitative estimate of drug-likeness (QED) is 0.723. The number of nitrogens with zero attached hydrogens (tertiary/aromatic N) is 1. The Kier molecular flexibility index (Phi) is 3.24. The van der Waals surface area contributed by atoms with E-state index in [1.54, 1.807) is 0 Å². The summed E-state index contributed by atoms with van der Waals surface area (Å²) < 4.78 is 64.2. The van der Waals surface area contributed by atoms with E-state index in [0.29, 0.717) is 0 Å². The van der Waals surface area contributed by atoms with Gasteiger partial charge in [0, 0.05) is 13.0 Å². The maximum atomic E-state index is 13.0. The minimum atomic E-state index is -4.69. The Balaban J connectivity index is 2.30. The number of carbonyl (C=O) groups is 1. The summed E-state index contributed by atoms with van der Waals surface area (Å²) >= 11 is 0. The molecular formula is C12H10F5NO. The van der Waals surface area contributed by atoms with Crippen molar-refractivity contribution in [1.82, 2.24) is 4.90 Å². The van der Waals surface area contributed by atoms with Gasteiger partial charge in [-0.2, -0.15) is 13.2 Å². The summed E-state index contributed by atoms with van der Waals surface area (Å²) in [6, 6.07) is 4.19. The van der Waals surface area contributed by atoms with Gasteiger partial charge in [-0.15, -0.1) is 0 Å². The molecule has 2 rings (SSSR count). The van der Waals surface area contributed by atoms with E-state index < -0.39 is 42.1 Å². The van der Waals surface area contributed by atoms with E-state index in [1.165, 1.54) is 6.07 Å². The minimum absolute atomic E-state index is 0.238. The highest BCUT2D eigenvalue weighted by Gasteiger charge is 2.42. The van der Waals surface area contributed by atoms with Crippen LogP contribution in [0.25, 0.3) is 0 Å². The third-order valence-corrected chi connectivity index (χ3v) is 2.92. The van der Waals surface area contributed by atoms with E-state index in [2.05, 4.69) is 0 Å². The summed E-state index contributed by atoms with van der Waals surface area (Å²) in [7, 11) is 0. The predicted octanol–water partition coefficient (Wildman–Crippen LogP) is 3.19. The lowest BCUT2D eigenvalue weighted by Gasteiger charge is -2.19. The van der Waals surface area contributed by atoms with Gasteiger partial charge in [-0.25, -0.2) is 8.78 Å². The van der Waals surface area contributed by atoms with Crippen LogP contribution in [0.15, 0.2) is 24.3 Å². The maximum absolute atomic E-state index is 13.0. The lowest BCUT2D eigenvalue weighted by atomic mass is 10.1. The number of halogens is 5. The predicted molar refractivity (Wildman–Crippen MR) is 56.9 cm³/mol. The van der Waals surface area contributed by atoms with Crippen molar-refractivity contribution in [3.8, 4) is 0 Å². The van der Waals surface area contributed by atoms with Gasteiger partial charge in [0.25, 0.3) is 11.8 Å². The Morgan fingerprint density at radius 2 is 1.84 bits per heavy atom. The van der Waals surface area contributed by atoms with Gasteiger partial charge in [-0.05, 0) is 12.1 Å². The van der Waals surface area contributed by atoms with Crippen molar-refractivity contribution in [2.75, 3.05) is 13.1 Å². The molecule has 1 saturated heterocycles. The lowest BCUT2D eigenvalue weighted by molar-refractivity contribution is -0.138. The highest BCUT2D eigenvalue weighted by molar-refractivity contribution is 5.96. The molecule has 2 nitrogen and oxygen atoms in total. The highest BCUT2D eigenvalue weighted by atomic mass is 19.4. The minimum Gasteiger partial charge on any atom is -0.332 e. The van der Waals surface area contributed by atoms with Gasteiger partial charge in [0.05, 0.1) is 17.7 Å². The van der Waals surface area contributed by atoms with E-state index in [-0.39, 0.29) is 6.54 Å². The zero-order chi connectivity index (χ0) is 14.3. The van der Waals surface area contributed by atoms with Gasteiger partial charge in [0.2, 0.25) is 0 Å². The second kappa shape index (κ2) is 4.47. The average Bonchev–Trinajstić information content (AvgIpc) is 2.68. The summed E-state index contributed by atoms with van der Waals surface area (Å²) in [4.78, 5) is 12.6. The zero-order valence-corrected chi connectivity index (χ0v) is 9.68. The molecule has 1 amide bonds. The Morgan fingerprint density at radius 3 is 2.37 bits per heavy atom. The standard InChI is InChI=1S/C12H10F5NO/c13-11(14)5-6-18(7-11)10(19)8-3-1-2-4-9(8)12(15,16)17/h1-4H,5-7H2. The number of hydrogen-bond donors (Lipinski definition) is 0. The summed E-state index contributed by atoms with van der Waals surface area (Å²) in [6.45, 7) is -1.07. The van der Waals surface area contributed by atoms with E-state index >= 15 is 0 Å². The highest BCUT2D eigenvalue weighted by Crippen LogP contribution is 2.34. The van der Waals surface area contributed by atoms with Crippen molar-refractivity contribution >= 4 is 5.91 Å². The van der Waals surface area contributed by atoms with Crippen molar-refractivity contribution < 1.29 is 26.7 Å². The number of benzene rings is 1. The first-order valence-corrected chi connectivity index (χ1v) is 5.54. The van der Waals surface area contributed by atoms with Gasteiger partial charge >= 0.3 is 6.18 Å². The largest absolute Gasteiger partial charge is 0.417 e. The van der Waals surface area contributed by atoms with Crippen LogP contribution in [-0.2, 0) is 6.18 Å². The molecule has 0 N–H and O–H groups in total. The first-order chi connectivity index (χ1) is 8.71. The number of carbonyl (C=O) groups excluding carboxylic acids is 1. The average molecular weight is 279 g/mol. The zero-order valence-electron chi connectivity index (χ0n) is 9.68. The number of rotatable bonds is 1. The first kappa shape index (κ1) is 13.8. The van der Waals surface area contributed by atoms with Crippen LogP contribution in [-0.4, -0.2) is 29.8 Å². The smallest absolute Gasteiger partial charge is 0.332 e. The Hall–Kier alpha value is -1.66. The van der Waals surface area contributed by atoms with Crippen molar-refractivity contribution in [2.24, 2.45) is 0 Å². The number of amides is 1. The van der Waals surface area contributed by atoms with Gasteiger partial charge in [-0.1, -0.05) is 12.1 Å². The molecule has 1 aliphatic heterocycles. The molecule has 1 fully saturated rings. The third-order valence-electron chi connectivity index (χ3n) is 2.92. The van der Waals surface area contributed by atoms with Crippen LogP contribution in [0.5, 0.6) is 0 Å². The topological polar surface area (TPSA) is 20.3 Å². The molecule has 1 aromatic carbocycles. The molecule has 104 valence electrons. The van der Waals surface area contributed by atoms with Gasteiger partial charge in [-0.3, -0.25) is 4.79 Å². The number of hydrogen-bond acceptors (Lipinski definition) is 1. The SMILES string of the molecule is O=C(c1ccccc1C(F)(F)F)N1CCC(F)(F)C1. The fourth-order valence-corrected chi connectivity index (χ4v) is 2.00. The van der Waals surface area contributed by atoms with Crippen molar-refractivity contribution in [1.29, 1.82) is 0 Å². The fourth-order valence-electron chi connectivity index (χ4n) is 2.00. The molecule has 0 spiro atoms. The summed E-state index contributed by atoms with van der Waals surface area (Å²) in [5.74, 6) is -4.03. The molecule has 1 aromatic rings. The van der Waals surface area contributed by atoms with Gasteiger partial charge in [0.15, 0.2) is 0 Å². The van der Waals surface area contributed by atoms with E-state index in [1.807, 2.05) is 0 Å². The molecule has 0 unspecified atom stereocenters. The lowest BCUT2D eigenvalue weighted by Crippen LogP contribution is -2.32. The molecule has 7 heteroatoms. The Labute approximate surface area is 105 Å². The second-order valence-corrected chi connectivity index (χ2v) is 4.38. The maximum Gasteiger partial charge on any atom is 0.417 e. The fraction of sp³-hybridized carbons (Fsp3) is 0.417. The monoisotopic (exact) mass is 279 g/mol. The van der Waals surface area contributed by atoms with Crippen molar-refractivity contribution in [3.05, 3.63) is 35.4 Å². The molecule has 1 aliphatic rings. The van der Waals surface area contributed by atoms with Crippen LogP contribution in [0.3, 0.4) is 0 Å². The van der Waals surface area contributed by atoms with Crippen molar-refractivity contribution in [2.45, 2.75) is 18.5 Å². The third kappa shape index (κ3) is 2.85. The summed E-state index contributed by atoms with van der Waals surface area (Å²) in [5.41, 5.74) is -1.69.